The Labute approximate surface area is 184 Å². The zero-order valence-electron chi connectivity index (χ0n) is 17.0. The van der Waals surface area contributed by atoms with Gasteiger partial charge in [0.15, 0.2) is 0 Å². The summed E-state index contributed by atoms with van der Waals surface area (Å²) in [6.45, 7) is 0. The molecule has 1 aliphatic carbocycles. The van der Waals surface area contributed by atoms with Crippen molar-refractivity contribution in [1.29, 1.82) is 0 Å². The van der Waals surface area contributed by atoms with Crippen LogP contribution in [0.25, 0.3) is 11.3 Å². The van der Waals surface area contributed by atoms with Gasteiger partial charge < -0.3 is 5.32 Å². The van der Waals surface area contributed by atoms with Crippen molar-refractivity contribution in [2.45, 2.75) is 37.7 Å². The second kappa shape index (κ2) is 8.49. The van der Waals surface area contributed by atoms with Crippen molar-refractivity contribution in [2.24, 2.45) is 0 Å². The normalized spacial score (nSPS) is 16.2. The number of rotatable bonds is 3. The average molecular weight is 465 g/mol. The highest BCUT2D eigenvalue weighted by Gasteiger charge is 2.33. The molecule has 33 heavy (non-hydrogen) atoms. The zero-order chi connectivity index (χ0) is 23.8. The first-order chi connectivity index (χ1) is 15.5. The molecule has 1 amide bonds. The monoisotopic (exact) mass is 465 g/mol. The van der Waals surface area contributed by atoms with Crippen molar-refractivity contribution in [3.8, 4) is 11.3 Å². The third-order valence-corrected chi connectivity index (χ3v) is 5.44. The van der Waals surface area contributed by atoms with Gasteiger partial charge in [-0.3, -0.25) is 14.8 Å². The van der Waals surface area contributed by atoms with Gasteiger partial charge in [-0.25, -0.2) is 0 Å². The Morgan fingerprint density at radius 1 is 0.970 bits per heavy atom. The summed E-state index contributed by atoms with van der Waals surface area (Å²) in [4.78, 5) is 20.3. The molecule has 0 radical (unpaired) electrons. The van der Waals surface area contributed by atoms with Crippen LogP contribution in [0.2, 0.25) is 0 Å². The van der Waals surface area contributed by atoms with E-state index >= 15 is 0 Å². The van der Waals surface area contributed by atoms with Crippen molar-refractivity contribution in [3.63, 3.8) is 0 Å². The van der Waals surface area contributed by atoms with Gasteiger partial charge in [-0.15, -0.1) is 0 Å². The molecule has 0 fully saturated rings. The summed E-state index contributed by atoms with van der Waals surface area (Å²) in [7, 11) is 0. The highest BCUT2D eigenvalue weighted by Crippen LogP contribution is 2.35. The van der Waals surface area contributed by atoms with Crippen molar-refractivity contribution in [1.82, 2.24) is 15.3 Å². The molecule has 10 heteroatoms. The number of nitrogens with zero attached hydrogens (tertiary/aromatic N) is 2. The summed E-state index contributed by atoms with van der Waals surface area (Å²) in [5.74, 6) is -0.666. The van der Waals surface area contributed by atoms with Gasteiger partial charge in [-0.2, -0.15) is 26.3 Å². The van der Waals surface area contributed by atoms with E-state index in [1.807, 2.05) is 0 Å². The van der Waals surface area contributed by atoms with Crippen LogP contribution >= 0.6 is 0 Å². The fourth-order valence-corrected chi connectivity index (χ4v) is 3.82. The van der Waals surface area contributed by atoms with Crippen LogP contribution in [0.15, 0.2) is 54.9 Å². The number of carbonyl (C=O) groups is 1. The number of halogens is 6. The Kier molecular flexibility index (Phi) is 5.85. The topological polar surface area (TPSA) is 54.9 Å². The minimum Gasteiger partial charge on any atom is -0.345 e. The molecule has 2 heterocycles. The lowest BCUT2D eigenvalue weighted by Gasteiger charge is -2.27. The summed E-state index contributed by atoms with van der Waals surface area (Å²) in [5.41, 5.74) is -0.107. The number of hydrogen-bond acceptors (Lipinski definition) is 3. The Morgan fingerprint density at radius 3 is 2.48 bits per heavy atom. The van der Waals surface area contributed by atoms with Gasteiger partial charge in [0.2, 0.25) is 0 Å². The molecule has 4 nitrogen and oxygen atoms in total. The first-order valence-corrected chi connectivity index (χ1v) is 10.0. The third kappa shape index (κ3) is 4.99. The number of aryl methyl sites for hydroxylation is 1. The molecule has 0 bridgehead atoms. The maximum absolute atomic E-state index is 13.0. The molecule has 0 unspecified atom stereocenters. The second-order valence-electron chi connectivity index (χ2n) is 7.69. The van der Waals surface area contributed by atoms with E-state index in [4.69, 9.17) is 0 Å². The molecule has 2 aromatic heterocycles. The minimum absolute atomic E-state index is 0.129. The molecular weight excluding hydrogens is 448 g/mol. The van der Waals surface area contributed by atoms with Gasteiger partial charge in [-0.05, 0) is 66.8 Å². The summed E-state index contributed by atoms with van der Waals surface area (Å²) in [5, 5.41) is 2.76. The SMILES string of the molecule is O=C(N[C@H]1CCCc2cnc(-c3ccnc(C(F)(F)F)c3)cc21)c1cccc(C(F)(F)F)c1. The van der Waals surface area contributed by atoms with Crippen molar-refractivity contribution in [2.75, 3.05) is 0 Å². The standard InChI is InChI=1S/C23H17F6N3O/c24-22(25,26)16-5-1-3-14(9-16)21(33)32-18-6-2-4-15-12-31-19(11-17(15)18)13-7-8-30-20(10-13)23(27,28)29/h1,3,5,7-12,18H,2,4,6H2,(H,32,33)/t18-/m0/s1. The van der Waals surface area contributed by atoms with E-state index in [-0.39, 0.29) is 16.8 Å². The number of carbonyl (C=O) groups excluding carboxylic acids is 1. The van der Waals surface area contributed by atoms with Crippen molar-refractivity contribution >= 4 is 5.91 Å². The van der Waals surface area contributed by atoms with Gasteiger partial charge in [0, 0.05) is 23.5 Å². The van der Waals surface area contributed by atoms with Crippen LogP contribution in [-0.4, -0.2) is 15.9 Å². The van der Waals surface area contributed by atoms with E-state index in [9.17, 15) is 31.1 Å². The van der Waals surface area contributed by atoms with E-state index < -0.39 is 35.6 Å². The van der Waals surface area contributed by atoms with E-state index in [1.165, 1.54) is 12.1 Å². The van der Waals surface area contributed by atoms with Crippen LogP contribution in [0.1, 0.15) is 51.6 Å². The van der Waals surface area contributed by atoms with Gasteiger partial charge in [0.25, 0.3) is 5.91 Å². The predicted octanol–water partition coefficient (Wildman–Crippen LogP) is 5.99. The van der Waals surface area contributed by atoms with Crippen LogP contribution < -0.4 is 5.32 Å². The van der Waals surface area contributed by atoms with Crippen LogP contribution in [0.3, 0.4) is 0 Å². The molecule has 1 atom stereocenters. The predicted molar refractivity (Wildman–Crippen MR) is 107 cm³/mol. The molecule has 1 N–H and O–H groups in total. The first kappa shape index (κ1) is 22.8. The number of benzene rings is 1. The fourth-order valence-electron chi connectivity index (χ4n) is 3.82. The molecule has 0 saturated carbocycles. The molecule has 1 aromatic carbocycles. The Morgan fingerprint density at radius 2 is 1.76 bits per heavy atom. The van der Waals surface area contributed by atoms with Crippen LogP contribution in [0.4, 0.5) is 26.3 Å². The summed E-state index contributed by atoms with van der Waals surface area (Å²) in [6, 6.07) is 7.53. The number of nitrogens with one attached hydrogen (secondary N) is 1. The highest BCUT2D eigenvalue weighted by atomic mass is 19.4. The molecule has 3 aromatic rings. The smallest absolute Gasteiger partial charge is 0.345 e. The molecule has 1 aliphatic rings. The molecule has 0 saturated heterocycles. The lowest BCUT2D eigenvalue weighted by Crippen LogP contribution is -2.31. The maximum atomic E-state index is 13.0. The molecule has 0 aliphatic heterocycles. The summed E-state index contributed by atoms with van der Waals surface area (Å²) >= 11 is 0. The quantitative estimate of drug-likeness (QED) is 0.484. The number of pyridine rings is 2. The Hall–Kier alpha value is -3.43. The largest absolute Gasteiger partial charge is 0.433 e. The molecule has 172 valence electrons. The summed E-state index contributed by atoms with van der Waals surface area (Å²) in [6.07, 6.45) is -4.66. The number of hydrogen-bond donors (Lipinski definition) is 1. The maximum Gasteiger partial charge on any atom is 0.433 e. The third-order valence-electron chi connectivity index (χ3n) is 5.44. The number of aromatic nitrogens is 2. The Balaban J connectivity index is 1.62. The van der Waals surface area contributed by atoms with Crippen molar-refractivity contribution in [3.05, 3.63) is 82.8 Å². The Bertz CT molecular complexity index is 1190. The molecular formula is C23H17F6N3O. The average Bonchev–Trinajstić information content (AvgIpc) is 2.78. The number of alkyl halides is 6. The zero-order valence-corrected chi connectivity index (χ0v) is 17.0. The number of fused-ring (bicyclic) bond motifs is 1. The van der Waals surface area contributed by atoms with Gasteiger partial charge in [0.1, 0.15) is 5.69 Å². The minimum atomic E-state index is -4.61. The lowest BCUT2D eigenvalue weighted by atomic mass is 9.87. The molecule has 0 spiro atoms. The number of amides is 1. The van der Waals surface area contributed by atoms with Gasteiger partial charge in [-0.1, -0.05) is 6.07 Å². The molecule has 4 rings (SSSR count). The van der Waals surface area contributed by atoms with Gasteiger partial charge in [0.05, 0.1) is 17.3 Å². The fraction of sp³-hybridized carbons (Fsp3) is 0.261. The first-order valence-electron chi connectivity index (χ1n) is 10.0. The van der Waals surface area contributed by atoms with E-state index in [0.717, 1.165) is 42.4 Å². The van der Waals surface area contributed by atoms with Gasteiger partial charge >= 0.3 is 12.4 Å². The van der Waals surface area contributed by atoms with E-state index in [2.05, 4.69) is 15.3 Å². The van der Waals surface area contributed by atoms with Crippen LogP contribution in [0.5, 0.6) is 0 Å². The van der Waals surface area contributed by atoms with Crippen LogP contribution in [-0.2, 0) is 18.8 Å². The van der Waals surface area contributed by atoms with Crippen LogP contribution in [0, 0.1) is 0 Å². The summed E-state index contributed by atoms with van der Waals surface area (Å²) < 4.78 is 78.0. The van der Waals surface area contributed by atoms with E-state index in [0.29, 0.717) is 18.4 Å². The second-order valence-corrected chi connectivity index (χ2v) is 7.69. The van der Waals surface area contributed by atoms with E-state index in [1.54, 1.807) is 12.3 Å². The highest BCUT2D eigenvalue weighted by molar-refractivity contribution is 5.94. The van der Waals surface area contributed by atoms with Crippen molar-refractivity contribution < 1.29 is 31.1 Å². The lowest BCUT2D eigenvalue weighted by molar-refractivity contribution is -0.141.